The van der Waals surface area contributed by atoms with Crippen molar-refractivity contribution >= 4 is 55.9 Å². The Labute approximate surface area is 241 Å². The average molecular weight is 577 g/mol. The minimum absolute atomic E-state index is 0.0259. The quantitative estimate of drug-likeness (QED) is 0.337. The van der Waals surface area contributed by atoms with Gasteiger partial charge in [-0.25, -0.2) is 9.78 Å². The van der Waals surface area contributed by atoms with E-state index in [2.05, 4.69) is 24.1 Å². The fourth-order valence-electron chi connectivity index (χ4n) is 6.43. The zero-order valence-electron chi connectivity index (χ0n) is 23.1. The molecule has 0 unspecified atom stereocenters. The molecule has 214 valence electrons. The lowest BCUT2D eigenvalue weighted by Crippen LogP contribution is -2.52. The van der Waals surface area contributed by atoms with Crippen molar-refractivity contribution < 1.29 is 19.3 Å². The number of aromatic nitrogens is 1. The van der Waals surface area contributed by atoms with Crippen molar-refractivity contribution in [1.29, 1.82) is 0 Å². The molecular weight excluding hydrogens is 544 g/mol. The molecule has 3 aliphatic rings. The molecule has 3 saturated heterocycles. The Morgan fingerprint density at radius 2 is 1.85 bits per heavy atom. The predicted molar refractivity (Wildman–Crippen MR) is 156 cm³/mol. The van der Waals surface area contributed by atoms with Crippen LogP contribution in [0.3, 0.4) is 0 Å². The van der Waals surface area contributed by atoms with Crippen LogP contribution >= 0.6 is 11.3 Å². The van der Waals surface area contributed by atoms with Gasteiger partial charge in [0.05, 0.1) is 33.1 Å². The Morgan fingerprint density at radius 3 is 2.56 bits per heavy atom. The molecular formula is C29H32N6O5S. The molecule has 12 heteroatoms. The minimum Gasteiger partial charge on any atom is -0.335 e. The lowest BCUT2D eigenvalue weighted by molar-refractivity contribution is -0.384. The van der Waals surface area contributed by atoms with Crippen molar-refractivity contribution in [1.82, 2.24) is 14.8 Å². The number of fused-ring (bicyclic) bond motifs is 2. The van der Waals surface area contributed by atoms with Gasteiger partial charge in [0.25, 0.3) is 5.69 Å². The fourth-order valence-corrected chi connectivity index (χ4v) is 7.49. The number of nitrogens with zero attached hydrogens (tertiary/aromatic N) is 5. The van der Waals surface area contributed by atoms with E-state index in [1.807, 2.05) is 31.2 Å². The molecule has 4 heterocycles. The van der Waals surface area contributed by atoms with E-state index >= 15 is 0 Å². The van der Waals surface area contributed by atoms with Gasteiger partial charge in [-0.1, -0.05) is 44.2 Å². The van der Waals surface area contributed by atoms with E-state index in [-0.39, 0.29) is 35.6 Å². The first-order chi connectivity index (χ1) is 19.6. The monoisotopic (exact) mass is 576 g/mol. The highest BCUT2D eigenvalue weighted by Crippen LogP contribution is 2.43. The first-order valence-corrected chi connectivity index (χ1v) is 14.8. The smallest absolute Gasteiger partial charge is 0.322 e. The van der Waals surface area contributed by atoms with Crippen LogP contribution in [0.4, 0.5) is 21.3 Å². The van der Waals surface area contributed by atoms with Crippen LogP contribution in [0.25, 0.3) is 10.2 Å². The highest BCUT2D eigenvalue weighted by Gasteiger charge is 2.55. The number of thiazole rings is 1. The summed E-state index contributed by atoms with van der Waals surface area (Å²) in [6, 6.07) is 10.8. The van der Waals surface area contributed by atoms with Crippen LogP contribution in [0.1, 0.15) is 51.5 Å². The molecule has 2 aromatic carbocycles. The minimum atomic E-state index is -0.581. The maximum absolute atomic E-state index is 13.9. The van der Waals surface area contributed by atoms with Gasteiger partial charge in [0.2, 0.25) is 11.8 Å². The number of hydrogen-bond acceptors (Lipinski definition) is 7. The summed E-state index contributed by atoms with van der Waals surface area (Å²) in [7, 11) is 0. The number of carbonyl (C=O) groups excluding carboxylic acids is 3. The lowest BCUT2D eigenvalue weighted by Gasteiger charge is -2.32. The summed E-state index contributed by atoms with van der Waals surface area (Å²) < 4.78 is 0.635. The van der Waals surface area contributed by atoms with Gasteiger partial charge in [-0.05, 0) is 48.9 Å². The second kappa shape index (κ2) is 10.4. The molecule has 3 aliphatic heterocycles. The number of carbonyl (C=O) groups is 3. The second-order valence-electron chi connectivity index (χ2n) is 11.3. The van der Waals surface area contributed by atoms with Crippen molar-refractivity contribution in [3.8, 4) is 0 Å². The van der Waals surface area contributed by atoms with Crippen molar-refractivity contribution in [2.45, 2.75) is 64.1 Å². The van der Waals surface area contributed by atoms with Gasteiger partial charge in [0.15, 0.2) is 5.13 Å². The number of anilines is 2. The predicted octanol–water partition coefficient (Wildman–Crippen LogP) is 4.98. The summed E-state index contributed by atoms with van der Waals surface area (Å²) in [5.41, 5.74) is 2.44. The van der Waals surface area contributed by atoms with E-state index in [1.54, 1.807) is 20.8 Å². The molecule has 3 fully saturated rings. The zero-order valence-corrected chi connectivity index (χ0v) is 24.0. The van der Waals surface area contributed by atoms with Gasteiger partial charge in [-0.2, -0.15) is 0 Å². The normalized spacial score (nSPS) is 24.0. The van der Waals surface area contributed by atoms with Gasteiger partial charge in [-0.3, -0.25) is 24.6 Å². The number of likely N-dealkylation sites (tertiary alicyclic amines) is 2. The number of non-ortho nitro benzene ring substituents is 1. The van der Waals surface area contributed by atoms with Gasteiger partial charge in [0.1, 0.15) is 6.04 Å². The number of nitro groups is 1. The Bertz CT molecular complexity index is 1540. The van der Waals surface area contributed by atoms with Crippen LogP contribution in [0.5, 0.6) is 0 Å². The Hall–Kier alpha value is -4.06. The molecule has 4 amide bonds. The Balaban J connectivity index is 1.19. The van der Waals surface area contributed by atoms with E-state index in [0.717, 1.165) is 6.42 Å². The maximum Gasteiger partial charge on any atom is 0.322 e. The topological polar surface area (TPSA) is 129 Å². The number of nitrogens with one attached hydrogen (secondary N) is 1. The molecule has 4 atom stereocenters. The molecule has 11 nitrogen and oxygen atoms in total. The van der Waals surface area contributed by atoms with E-state index in [4.69, 9.17) is 0 Å². The van der Waals surface area contributed by atoms with E-state index < -0.39 is 16.9 Å². The summed E-state index contributed by atoms with van der Waals surface area (Å²) >= 11 is 1.25. The number of benzene rings is 2. The van der Waals surface area contributed by atoms with Crippen molar-refractivity contribution in [2.75, 3.05) is 23.3 Å². The zero-order chi connectivity index (χ0) is 29.0. The van der Waals surface area contributed by atoms with E-state index in [9.17, 15) is 24.5 Å². The highest BCUT2D eigenvalue weighted by molar-refractivity contribution is 7.22. The third-order valence-corrected chi connectivity index (χ3v) is 9.60. The lowest BCUT2D eigenvalue weighted by atomic mass is 10.0. The number of amides is 4. The standard InChI is InChI=1S/C29H32N6O5S/c1-16(2)18-6-8-19(9-7-18)30-28(38)32-13-4-5-23(32)27(37)33-14-12-22-25(33)17(3)26(36)34(22)29-31-21-11-10-20(35(39)40)15-24(21)41-29/h6-11,15-17,22-23,25H,4-5,12-14H2,1-3H3,(H,30,38)/t17-,22-,23-,25+/m0/s1. The molecule has 1 N–H and O–H groups in total. The first-order valence-electron chi connectivity index (χ1n) is 14.0. The summed E-state index contributed by atoms with van der Waals surface area (Å²) in [6.07, 6.45) is 1.91. The third-order valence-electron chi connectivity index (χ3n) is 8.58. The van der Waals surface area contributed by atoms with Crippen molar-refractivity contribution in [3.63, 3.8) is 0 Å². The van der Waals surface area contributed by atoms with Crippen molar-refractivity contribution in [2.24, 2.45) is 5.92 Å². The summed E-state index contributed by atoms with van der Waals surface area (Å²) in [5.74, 6) is -0.281. The first kappa shape index (κ1) is 27.1. The maximum atomic E-state index is 13.9. The van der Waals surface area contributed by atoms with Crippen LogP contribution in [0, 0.1) is 16.0 Å². The molecule has 0 aliphatic carbocycles. The molecule has 41 heavy (non-hydrogen) atoms. The highest BCUT2D eigenvalue weighted by atomic mass is 32.1. The summed E-state index contributed by atoms with van der Waals surface area (Å²) in [6.45, 7) is 7.04. The van der Waals surface area contributed by atoms with Gasteiger partial charge in [0, 0.05) is 30.9 Å². The number of hydrogen-bond donors (Lipinski definition) is 1. The van der Waals surface area contributed by atoms with Gasteiger partial charge >= 0.3 is 6.03 Å². The van der Waals surface area contributed by atoms with E-state index in [1.165, 1.54) is 29.0 Å². The molecule has 3 aromatic rings. The molecule has 1 aromatic heterocycles. The van der Waals surface area contributed by atoms with Crippen LogP contribution in [0.2, 0.25) is 0 Å². The third kappa shape index (κ3) is 4.69. The number of urea groups is 1. The summed E-state index contributed by atoms with van der Waals surface area (Å²) in [4.78, 5) is 61.1. The molecule has 6 rings (SSSR count). The molecule has 0 bridgehead atoms. The molecule has 0 spiro atoms. The molecule has 0 radical (unpaired) electrons. The van der Waals surface area contributed by atoms with Gasteiger partial charge < -0.3 is 15.1 Å². The van der Waals surface area contributed by atoms with Gasteiger partial charge in [-0.15, -0.1) is 0 Å². The Kier molecular flexibility index (Phi) is 6.88. The van der Waals surface area contributed by atoms with Crippen LogP contribution in [0.15, 0.2) is 42.5 Å². The van der Waals surface area contributed by atoms with Crippen molar-refractivity contribution in [3.05, 3.63) is 58.1 Å². The van der Waals surface area contributed by atoms with Crippen LogP contribution < -0.4 is 10.2 Å². The number of rotatable bonds is 5. The van der Waals surface area contributed by atoms with E-state index in [0.29, 0.717) is 52.9 Å². The Morgan fingerprint density at radius 1 is 1.10 bits per heavy atom. The van der Waals surface area contributed by atoms with Crippen LogP contribution in [-0.4, -0.2) is 68.8 Å². The largest absolute Gasteiger partial charge is 0.335 e. The SMILES string of the molecule is CC(C)c1ccc(NC(=O)N2CCC[C@H]2C(=O)N2CC[C@H]3[C@H]2[C@H](C)C(=O)N3c2nc3ccc([N+](=O)[O-])cc3s2)cc1. The fraction of sp³-hybridized carbons (Fsp3) is 0.448. The second-order valence-corrected chi connectivity index (χ2v) is 12.3. The summed E-state index contributed by atoms with van der Waals surface area (Å²) in [5, 5.41) is 14.6. The van der Waals surface area contributed by atoms with Crippen LogP contribution in [-0.2, 0) is 9.59 Å². The average Bonchev–Trinajstić information content (AvgIpc) is 3.73. The molecule has 0 saturated carbocycles. The number of nitro benzene ring substituents is 1.